The molecule has 0 aliphatic carbocycles. The van der Waals surface area contributed by atoms with Gasteiger partial charge in [-0.05, 0) is 24.3 Å². The molecule has 0 aliphatic rings. The minimum atomic E-state index is 0.599. The van der Waals surface area contributed by atoms with E-state index in [-0.39, 0.29) is 0 Å². The Hall–Kier alpha value is -2.18. The second-order valence-electron chi connectivity index (χ2n) is 4.00. The van der Waals surface area contributed by atoms with Gasteiger partial charge in [0.1, 0.15) is 11.5 Å². The van der Waals surface area contributed by atoms with Crippen LogP contribution in [0, 0.1) is 0 Å². The quantitative estimate of drug-likeness (QED) is 0.773. The van der Waals surface area contributed by atoms with Gasteiger partial charge in [-0.2, -0.15) is 0 Å². The van der Waals surface area contributed by atoms with Crippen LogP contribution in [0.25, 0.3) is 11.4 Å². The van der Waals surface area contributed by atoms with E-state index in [1.54, 1.807) is 30.6 Å². The summed E-state index contributed by atoms with van der Waals surface area (Å²) >= 11 is 7.27. The van der Waals surface area contributed by atoms with Gasteiger partial charge in [-0.1, -0.05) is 11.6 Å². The first-order chi connectivity index (χ1) is 9.70. The van der Waals surface area contributed by atoms with Crippen LogP contribution >= 0.6 is 22.9 Å². The molecule has 0 unspecified atom stereocenters. The molecule has 100 valence electrons. The number of nitrogens with two attached hydrogens (primary N) is 1. The summed E-state index contributed by atoms with van der Waals surface area (Å²) in [6.07, 6.45) is 3.20. The van der Waals surface area contributed by atoms with Crippen LogP contribution in [-0.4, -0.2) is 15.0 Å². The molecule has 0 aliphatic heterocycles. The van der Waals surface area contributed by atoms with Crippen LogP contribution in [0.15, 0.2) is 42.0 Å². The number of hydrogen-bond donors (Lipinski definition) is 2. The van der Waals surface area contributed by atoms with Gasteiger partial charge in [-0.3, -0.25) is 4.98 Å². The van der Waals surface area contributed by atoms with Gasteiger partial charge in [0.2, 0.25) is 0 Å². The minimum absolute atomic E-state index is 0.599. The maximum absolute atomic E-state index is 5.79. The lowest BCUT2D eigenvalue weighted by atomic mass is 10.3. The molecule has 0 spiro atoms. The molecule has 0 amide bonds. The number of anilines is 3. The monoisotopic (exact) mass is 303 g/mol. The Bertz CT molecular complexity index is 708. The summed E-state index contributed by atoms with van der Waals surface area (Å²) in [6.45, 7) is 0. The Morgan fingerprint density at radius 3 is 2.65 bits per heavy atom. The van der Waals surface area contributed by atoms with E-state index in [4.69, 9.17) is 17.3 Å². The Balaban J connectivity index is 1.80. The van der Waals surface area contributed by atoms with Crippen molar-refractivity contribution in [1.29, 1.82) is 0 Å². The normalized spacial score (nSPS) is 10.4. The fraction of sp³-hybridized carbons (Fsp3) is 0. The highest BCUT2D eigenvalue weighted by Gasteiger charge is 2.06. The van der Waals surface area contributed by atoms with Crippen molar-refractivity contribution in [2.45, 2.75) is 0 Å². The van der Waals surface area contributed by atoms with Crippen molar-refractivity contribution in [2.75, 3.05) is 11.1 Å². The summed E-state index contributed by atoms with van der Waals surface area (Å²) in [5.74, 6) is 0.695. The highest BCUT2D eigenvalue weighted by molar-refractivity contribution is 7.14. The van der Waals surface area contributed by atoms with E-state index in [9.17, 15) is 0 Å². The van der Waals surface area contributed by atoms with E-state index < -0.39 is 0 Å². The maximum Gasteiger partial charge on any atom is 0.188 e. The first kappa shape index (κ1) is 12.8. The van der Waals surface area contributed by atoms with Gasteiger partial charge in [-0.15, -0.1) is 11.3 Å². The summed E-state index contributed by atoms with van der Waals surface area (Å²) < 4.78 is 0. The lowest BCUT2D eigenvalue weighted by Crippen LogP contribution is -1.92. The van der Waals surface area contributed by atoms with Crippen LogP contribution in [0.2, 0.25) is 5.02 Å². The molecular formula is C13H10ClN5S. The second-order valence-corrected chi connectivity index (χ2v) is 5.30. The summed E-state index contributed by atoms with van der Waals surface area (Å²) in [7, 11) is 0. The van der Waals surface area contributed by atoms with Crippen LogP contribution in [0.4, 0.5) is 16.6 Å². The van der Waals surface area contributed by atoms with Crippen molar-refractivity contribution in [2.24, 2.45) is 0 Å². The van der Waals surface area contributed by atoms with E-state index in [0.717, 1.165) is 16.5 Å². The van der Waals surface area contributed by atoms with E-state index >= 15 is 0 Å². The zero-order valence-corrected chi connectivity index (χ0v) is 11.8. The molecule has 0 radical (unpaired) electrons. The second kappa shape index (κ2) is 5.44. The fourth-order valence-electron chi connectivity index (χ4n) is 1.56. The molecule has 5 nitrogen and oxygen atoms in total. The molecule has 0 fully saturated rings. The smallest absolute Gasteiger partial charge is 0.188 e. The van der Waals surface area contributed by atoms with Gasteiger partial charge < -0.3 is 11.1 Å². The minimum Gasteiger partial charge on any atom is -0.397 e. The van der Waals surface area contributed by atoms with Crippen LogP contribution < -0.4 is 11.1 Å². The number of halogens is 1. The molecule has 0 aromatic carbocycles. The van der Waals surface area contributed by atoms with Crippen LogP contribution in [0.1, 0.15) is 0 Å². The van der Waals surface area contributed by atoms with Crippen LogP contribution in [-0.2, 0) is 0 Å². The topological polar surface area (TPSA) is 76.7 Å². The molecule has 3 aromatic heterocycles. The number of nitrogen functional groups attached to an aromatic ring is 1. The molecular weight excluding hydrogens is 294 g/mol. The standard InChI is InChI=1S/C13H10ClN5S/c14-8-1-4-12(17-5-8)19-13-18-11(7-20-13)10-3-2-9(15)6-16-10/h1-7H,15H2,(H,17,18,19). The van der Waals surface area contributed by atoms with Gasteiger partial charge in [0, 0.05) is 11.6 Å². The molecule has 0 atom stereocenters. The lowest BCUT2D eigenvalue weighted by molar-refractivity contribution is 1.26. The Morgan fingerprint density at radius 1 is 1.05 bits per heavy atom. The molecule has 0 bridgehead atoms. The lowest BCUT2D eigenvalue weighted by Gasteiger charge is -2.00. The SMILES string of the molecule is Nc1ccc(-c2csc(Nc3ccc(Cl)cn3)n2)nc1. The molecule has 7 heteroatoms. The predicted octanol–water partition coefficient (Wildman–Crippen LogP) is 3.58. The van der Waals surface area contributed by atoms with Crippen molar-refractivity contribution in [1.82, 2.24) is 15.0 Å². The van der Waals surface area contributed by atoms with E-state index in [0.29, 0.717) is 16.5 Å². The van der Waals surface area contributed by atoms with E-state index in [2.05, 4.69) is 20.3 Å². The van der Waals surface area contributed by atoms with Gasteiger partial charge in [-0.25, -0.2) is 9.97 Å². The summed E-state index contributed by atoms with van der Waals surface area (Å²) in [5, 5.41) is 6.39. The van der Waals surface area contributed by atoms with E-state index in [1.165, 1.54) is 11.3 Å². The summed E-state index contributed by atoms with van der Waals surface area (Å²) in [4.78, 5) is 12.9. The van der Waals surface area contributed by atoms with Gasteiger partial charge in [0.05, 0.1) is 22.6 Å². The number of nitrogens with one attached hydrogen (secondary N) is 1. The van der Waals surface area contributed by atoms with Crippen LogP contribution in [0.5, 0.6) is 0 Å². The first-order valence-electron chi connectivity index (χ1n) is 5.77. The number of hydrogen-bond acceptors (Lipinski definition) is 6. The van der Waals surface area contributed by atoms with Crippen molar-refractivity contribution >= 4 is 39.6 Å². The number of rotatable bonds is 3. The highest BCUT2D eigenvalue weighted by atomic mass is 35.5. The molecule has 0 saturated carbocycles. The highest BCUT2D eigenvalue weighted by Crippen LogP contribution is 2.25. The molecule has 3 heterocycles. The molecule has 3 N–H and O–H groups in total. The molecule has 3 rings (SSSR count). The first-order valence-corrected chi connectivity index (χ1v) is 7.02. The van der Waals surface area contributed by atoms with Gasteiger partial charge in [0.15, 0.2) is 5.13 Å². The van der Waals surface area contributed by atoms with Crippen molar-refractivity contribution < 1.29 is 0 Å². The summed E-state index contributed by atoms with van der Waals surface area (Å²) in [6, 6.07) is 7.21. The van der Waals surface area contributed by atoms with Gasteiger partial charge in [0.25, 0.3) is 0 Å². The third-order valence-electron chi connectivity index (χ3n) is 2.52. The molecule has 0 saturated heterocycles. The zero-order valence-electron chi connectivity index (χ0n) is 10.2. The van der Waals surface area contributed by atoms with Crippen molar-refractivity contribution in [3.8, 4) is 11.4 Å². The van der Waals surface area contributed by atoms with Crippen LogP contribution in [0.3, 0.4) is 0 Å². The van der Waals surface area contributed by atoms with Crippen molar-refractivity contribution in [3.05, 3.63) is 47.1 Å². The predicted molar refractivity (Wildman–Crippen MR) is 82.3 cm³/mol. The Kier molecular flexibility index (Phi) is 3.49. The number of thiazole rings is 1. The summed E-state index contributed by atoms with van der Waals surface area (Å²) in [5.41, 5.74) is 7.83. The van der Waals surface area contributed by atoms with Crippen molar-refractivity contribution in [3.63, 3.8) is 0 Å². The number of aromatic nitrogens is 3. The third kappa shape index (κ3) is 2.87. The maximum atomic E-state index is 5.79. The van der Waals surface area contributed by atoms with Gasteiger partial charge >= 0.3 is 0 Å². The molecule has 20 heavy (non-hydrogen) atoms. The number of nitrogens with zero attached hydrogens (tertiary/aromatic N) is 3. The Morgan fingerprint density at radius 2 is 1.95 bits per heavy atom. The molecule has 3 aromatic rings. The average molecular weight is 304 g/mol. The third-order valence-corrected chi connectivity index (χ3v) is 3.50. The Labute approximate surface area is 124 Å². The largest absolute Gasteiger partial charge is 0.397 e. The average Bonchev–Trinajstić information content (AvgIpc) is 2.91. The van der Waals surface area contributed by atoms with E-state index in [1.807, 2.05) is 11.4 Å². The zero-order chi connectivity index (χ0) is 13.9. The fourth-order valence-corrected chi connectivity index (χ4v) is 2.39. The number of pyridine rings is 2.